The number of nitrogens with zero attached hydrogens (tertiary/aromatic N) is 1. The second kappa shape index (κ2) is 5.57. The van der Waals surface area contributed by atoms with Crippen LogP contribution >= 0.6 is 0 Å². The Balaban J connectivity index is 1.27. The molecule has 6 unspecified atom stereocenters. The third-order valence-electron chi connectivity index (χ3n) is 7.08. The average Bonchev–Trinajstić information content (AvgIpc) is 3.49. The number of aryl methyl sites for hydroxylation is 1. The Kier molecular flexibility index (Phi) is 3.20. The molecule has 6 atom stereocenters. The standard InChI is InChI=1S/C24H21NO3/c1-13-4-2-3-5-20(13)28-15-8-6-14(7-9-15)25-23(26)21-16-10-11-17(19-12-18(16)19)22(21)24(25)27/h2-11,16-19,21-22H,12H2,1H3. The van der Waals surface area contributed by atoms with E-state index in [0.29, 0.717) is 23.3 Å². The summed E-state index contributed by atoms with van der Waals surface area (Å²) in [7, 11) is 0. The zero-order valence-electron chi connectivity index (χ0n) is 15.6. The van der Waals surface area contributed by atoms with E-state index in [0.717, 1.165) is 11.3 Å². The minimum absolute atomic E-state index is 0.0210. The molecule has 2 aromatic rings. The van der Waals surface area contributed by atoms with E-state index in [9.17, 15) is 9.59 Å². The Morgan fingerprint density at radius 2 is 1.46 bits per heavy atom. The highest BCUT2D eigenvalue weighted by Crippen LogP contribution is 2.65. The largest absolute Gasteiger partial charge is 0.457 e. The molecule has 0 spiro atoms. The van der Waals surface area contributed by atoms with Crippen molar-refractivity contribution in [3.8, 4) is 11.5 Å². The molecule has 2 amide bonds. The van der Waals surface area contributed by atoms with Crippen molar-refractivity contribution in [1.29, 1.82) is 0 Å². The molecule has 4 nitrogen and oxygen atoms in total. The summed E-state index contributed by atoms with van der Waals surface area (Å²) in [6, 6.07) is 15.1. The van der Waals surface area contributed by atoms with Crippen LogP contribution in [0, 0.1) is 42.4 Å². The molecule has 2 saturated carbocycles. The molecule has 0 radical (unpaired) electrons. The lowest BCUT2D eigenvalue weighted by Crippen LogP contribution is -2.40. The minimum Gasteiger partial charge on any atom is -0.457 e. The van der Waals surface area contributed by atoms with Crippen LogP contribution in [0.2, 0.25) is 0 Å². The summed E-state index contributed by atoms with van der Waals surface area (Å²) in [6.07, 6.45) is 5.59. The van der Waals surface area contributed by atoms with Crippen molar-refractivity contribution in [2.75, 3.05) is 4.90 Å². The molecule has 4 heteroatoms. The molecule has 1 aliphatic heterocycles. The van der Waals surface area contributed by atoms with Gasteiger partial charge in [0.05, 0.1) is 17.5 Å². The number of imide groups is 1. The van der Waals surface area contributed by atoms with Crippen LogP contribution in [0.15, 0.2) is 60.7 Å². The summed E-state index contributed by atoms with van der Waals surface area (Å²) in [4.78, 5) is 27.8. The van der Waals surface area contributed by atoms with Crippen molar-refractivity contribution >= 4 is 17.5 Å². The maximum atomic E-state index is 13.2. The van der Waals surface area contributed by atoms with Crippen molar-refractivity contribution < 1.29 is 14.3 Å². The van der Waals surface area contributed by atoms with Crippen molar-refractivity contribution in [1.82, 2.24) is 0 Å². The molecule has 0 N–H and O–H groups in total. The summed E-state index contributed by atoms with van der Waals surface area (Å²) in [6.45, 7) is 2.00. The molecular weight excluding hydrogens is 350 g/mol. The molecule has 28 heavy (non-hydrogen) atoms. The average molecular weight is 371 g/mol. The number of amides is 2. The van der Waals surface area contributed by atoms with Gasteiger partial charge in [0.1, 0.15) is 11.5 Å². The summed E-state index contributed by atoms with van der Waals surface area (Å²) >= 11 is 0. The second-order valence-corrected chi connectivity index (χ2v) is 8.53. The molecule has 2 bridgehead atoms. The van der Waals surface area contributed by atoms with Crippen LogP contribution < -0.4 is 9.64 Å². The predicted molar refractivity (Wildman–Crippen MR) is 105 cm³/mol. The predicted octanol–water partition coefficient (Wildman–Crippen LogP) is 4.34. The van der Waals surface area contributed by atoms with E-state index in [1.165, 1.54) is 11.3 Å². The number of rotatable bonds is 3. The van der Waals surface area contributed by atoms with Gasteiger partial charge < -0.3 is 4.74 Å². The van der Waals surface area contributed by atoms with E-state index in [1.54, 1.807) is 0 Å². The highest BCUT2D eigenvalue weighted by atomic mass is 16.5. The lowest BCUT2D eigenvalue weighted by atomic mass is 9.63. The van der Waals surface area contributed by atoms with Gasteiger partial charge in [-0.3, -0.25) is 14.5 Å². The van der Waals surface area contributed by atoms with Crippen LogP contribution in [-0.4, -0.2) is 11.8 Å². The van der Waals surface area contributed by atoms with Gasteiger partial charge in [-0.2, -0.15) is 0 Å². The number of hydrogen-bond acceptors (Lipinski definition) is 3. The topological polar surface area (TPSA) is 46.6 Å². The van der Waals surface area contributed by atoms with Crippen LogP contribution in [0.1, 0.15) is 12.0 Å². The smallest absolute Gasteiger partial charge is 0.238 e. The molecular formula is C24H21NO3. The Bertz CT molecular complexity index is 988. The number of carbonyl (C=O) groups is 2. The Hall–Kier alpha value is -2.88. The molecule has 5 aliphatic rings. The van der Waals surface area contributed by atoms with Gasteiger partial charge >= 0.3 is 0 Å². The highest BCUT2D eigenvalue weighted by Gasteiger charge is 2.67. The highest BCUT2D eigenvalue weighted by molar-refractivity contribution is 6.22. The van der Waals surface area contributed by atoms with E-state index in [4.69, 9.17) is 4.74 Å². The van der Waals surface area contributed by atoms with Crippen molar-refractivity contribution in [3.05, 3.63) is 66.2 Å². The van der Waals surface area contributed by atoms with E-state index < -0.39 is 0 Å². The minimum atomic E-state index is -0.158. The number of hydrogen-bond donors (Lipinski definition) is 0. The zero-order valence-corrected chi connectivity index (χ0v) is 15.6. The molecule has 0 aromatic heterocycles. The third kappa shape index (κ3) is 2.12. The maximum Gasteiger partial charge on any atom is 0.238 e. The van der Waals surface area contributed by atoms with Gasteiger partial charge in [0.25, 0.3) is 0 Å². The number of para-hydroxylation sites is 1. The van der Waals surface area contributed by atoms with Gasteiger partial charge in [0, 0.05) is 0 Å². The first kappa shape index (κ1) is 16.1. The van der Waals surface area contributed by atoms with Crippen LogP contribution in [-0.2, 0) is 9.59 Å². The maximum absolute atomic E-state index is 13.2. The lowest BCUT2D eigenvalue weighted by Gasteiger charge is -2.37. The van der Waals surface area contributed by atoms with E-state index in [-0.39, 0.29) is 35.5 Å². The fourth-order valence-corrected chi connectivity index (χ4v) is 5.67. The summed E-state index contributed by atoms with van der Waals surface area (Å²) in [5.41, 5.74) is 1.71. The van der Waals surface area contributed by atoms with E-state index in [1.807, 2.05) is 55.5 Å². The number of ether oxygens (including phenoxy) is 1. The molecule has 1 heterocycles. The number of allylic oxidation sites excluding steroid dienone is 2. The fraction of sp³-hybridized carbons (Fsp3) is 0.333. The van der Waals surface area contributed by atoms with Crippen LogP contribution in [0.25, 0.3) is 0 Å². The first-order valence-electron chi connectivity index (χ1n) is 10.0. The van der Waals surface area contributed by atoms with Gasteiger partial charge in [-0.05, 0) is 72.9 Å². The first-order valence-corrected chi connectivity index (χ1v) is 10.0. The van der Waals surface area contributed by atoms with E-state index in [2.05, 4.69) is 12.2 Å². The summed E-state index contributed by atoms with van der Waals surface area (Å²) in [5, 5.41) is 0. The molecule has 140 valence electrons. The van der Waals surface area contributed by atoms with Crippen LogP contribution in [0.4, 0.5) is 5.69 Å². The number of carbonyl (C=O) groups excluding carboxylic acids is 2. The van der Waals surface area contributed by atoms with Gasteiger partial charge in [0.2, 0.25) is 11.8 Å². The van der Waals surface area contributed by atoms with Crippen molar-refractivity contribution in [2.45, 2.75) is 13.3 Å². The monoisotopic (exact) mass is 371 g/mol. The first-order chi connectivity index (χ1) is 13.6. The molecule has 4 aliphatic carbocycles. The van der Waals surface area contributed by atoms with Crippen LogP contribution in [0.3, 0.4) is 0 Å². The molecule has 7 rings (SSSR count). The molecule has 3 fully saturated rings. The number of anilines is 1. The van der Waals surface area contributed by atoms with Gasteiger partial charge in [-0.25, -0.2) is 0 Å². The van der Waals surface area contributed by atoms with Gasteiger partial charge in [-0.15, -0.1) is 0 Å². The van der Waals surface area contributed by atoms with Crippen molar-refractivity contribution in [3.63, 3.8) is 0 Å². The lowest BCUT2D eigenvalue weighted by molar-refractivity contribution is -0.124. The number of benzene rings is 2. The normalized spacial score (nSPS) is 34.4. The second-order valence-electron chi connectivity index (χ2n) is 8.53. The SMILES string of the molecule is Cc1ccccc1Oc1ccc(N2C(=O)C3C4C=CC(C5CC45)C3C2=O)cc1. The molecule has 2 aromatic carbocycles. The fourth-order valence-electron chi connectivity index (χ4n) is 5.67. The van der Waals surface area contributed by atoms with Crippen molar-refractivity contribution in [2.24, 2.45) is 35.5 Å². The zero-order chi connectivity index (χ0) is 19.0. The summed E-state index contributed by atoms with van der Waals surface area (Å²) in [5.74, 6) is 2.89. The van der Waals surface area contributed by atoms with Gasteiger partial charge in [-0.1, -0.05) is 30.4 Å². The Morgan fingerprint density at radius 3 is 2.07 bits per heavy atom. The quantitative estimate of drug-likeness (QED) is 0.595. The summed E-state index contributed by atoms with van der Waals surface area (Å²) < 4.78 is 5.94. The molecule has 1 saturated heterocycles. The third-order valence-corrected chi connectivity index (χ3v) is 7.08. The Morgan fingerprint density at radius 1 is 0.857 bits per heavy atom. The Labute approximate surface area is 163 Å². The van der Waals surface area contributed by atoms with Crippen LogP contribution in [0.5, 0.6) is 11.5 Å². The van der Waals surface area contributed by atoms with Gasteiger partial charge in [0.15, 0.2) is 0 Å². The van der Waals surface area contributed by atoms with E-state index >= 15 is 0 Å².